The van der Waals surface area contributed by atoms with Crippen LogP contribution in [0.2, 0.25) is 5.02 Å². The molecular formula is C25H18ClN3O2S. The second-order valence-corrected chi connectivity index (χ2v) is 8.53. The summed E-state index contributed by atoms with van der Waals surface area (Å²) in [4.78, 5) is 22.6. The monoisotopic (exact) mass is 459 g/mol. The molecule has 0 aliphatic heterocycles. The van der Waals surface area contributed by atoms with E-state index in [2.05, 4.69) is 10.3 Å². The molecule has 0 bridgehead atoms. The zero-order valence-electron chi connectivity index (χ0n) is 17.1. The summed E-state index contributed by atoms with van der Waals surface area (Å²) in [5, 5.41) is 4.82. The Kier molecular flexibility index (Phi) is 5.47. The number of para-hydroxylation sites is 1. The number of aromatic nitrogens is 2. The molecule has 5 aromatic rings. The van der Waals surface area contributed by atoms with Crippen molar-refractivity contribution in [1.29, 1.82) is 0 Å². The summed E-state index contributed by atoms with van der Waals surface area (Å²) >= 11 is 7.80. The third-order valence-electron chi connectivity index (χ3n) is 5.00. The van der Waals surface area contributed by atoms with E-state index in [1.807, 2.05) is 73.7 Å². The largest absolute Gasteiger partial charge is 0.494 e. The van der Waals surface area contributed by atoms with E-state index in [-0.39, 0.29) is 5.91 Å². The Bertz CT molecular complexity index is 1460. The number of hydrogen-bond acceptors (Lipinski definition) is 5. The summed E-state index contributed by atoms with van der Waals surface area (Å²) in [6.07, 6.45) is 0. The molecule has 2 heterocycles. The fourth-order valence-electron chi connectivity index (χ4n) is 3.55. The lowest BCUT2D eigenvalue weighted by molar-refractivity contribution is 0.102. The Balaban J connectivity index is 1.54. The van der Waals surface area contributed by atoms with E-state index >= 15 is 0 Å². The van der Waals surface area contributed by atoms with Crippen LogP contribution in [-0.4, -0.2) is 22.5 Å². The van der Waals surface area contributed by atoms with Gasteiger partial charge in [-0.3, -0.25) is 10.1 Å². The third kappa shape index (κ3) is 3.90. The molecule has 158 valence electrons. The zero-order valence-corrected chi connectivity index (χ0v) is 18.7. The number of nitrogens with one attached hydrogen (secondary N) is 1. The van der Waals surface area contributed by atoms with Crippen LogP contribution >= 0.6 is 22.9 Å². The molecule has 7 heteroatoms. The number of carbonyl (C=O) groups excluding carboxylic acids is 1. The van der Waals surface area contributed by atoms with Crippen LogP contribution in [-0.2, 0) is 0 Å². The van der Waals surface area contributed by atoms with Gasteiger partial charge in [0.05, 0.1) is 33.6 Å². The van der Waals surface area contributed by atoms with E-state index in [1.165, 1.54) is 11.3 Å². The number of pyridine rings is 1. The van der Waals surface area contributed by atoms with Crippen molar-refractivity contribution in [3.63, 3.8) is 0 Å². The molecule has 0 radical (unpaired) electrons. The van der Waals surface area contributed by atoms with Crippen molar-refractivity contribution in [3.05, 3.63) is 83.4 Å². The number of ether oxygens (including phenoxy) is 1. The van der Waals surface area contributed by atoms with Gasteiger partial charge in [-0.2, -0.15) is 0 Å². The average molecular weight is 460 g/mol. The number of rotatable bonds is 5. The molecule has 0 saturated carbocycles. The summed E-state index contributed by atoms with van der Waals surface area (Å²) in [5.74, 6) is 0.534. The van der Waals surface area contributed by atoms with Gasteiger partial charge in [0, 0.05) is 16.0 Å². The third-order valence-corrected chi connectivity index (χ3v) is 6.27. The Morgan fingerprint density at radius 3 is 2.66 bits per heavy atom. The molecule has 0 saturated heterocycles. The maximum atomic E-state index is 13.3. The summed E-state index contributed by atoms with van der Waals surface area (Å²) in [6, 6.07) is 22.5. The molecule has 1 N–H and O–H groups in total. The van der Waals surface area contributed by atoms with Gasteiger partial charge < -0.3 is 4.74 Å². The molecular weight excluding hydrogens is 442 g/mol. The number of anilines is 1. The van der Waals surface area contributed by atoms with Crippen LogP contribution in [0, 0.1) is 0 Å². The van der Waals surface area contributed by atoms with Crippen molar-refractivity contribution in [1.82, 2.24) is 9.97 Å². The normalized spacial score (nSPS) is 11.1. The van der Waals surface area contributed by atoms with Gasteiger partial charge in [-0.1, -0.05) is 59.3 Å². The van der Waals surface area contributed by atoms with Crippen LogP contribution in [0.4, 0.5) is 5.13 Å². The number of fused-ring (bicyclic) bond motifs is 2. The van der Waals surface area contributed by atoms with Crippen molar-refractivity contribution in [3.8, 4) is 17.0 Å². The molecule has 0 atom stereocenters. The maximum absolute atomic E-state index is 13.3. The molecule has 0 aliphatic carbocycles. The summed E-state index contributed by atoms with van der Waals surface area (Å²) < 4.78 is 6.51. The number of thiazole rings is 1. The molecule has 0 aliphatic rings. The first kappa shape index (κ1) is 20.4. The van der Waals surface area contributed by atoms with Gasteiger partial charge in [0.15, 0.2) is 5.13 Å². The highest BCUT2D eigenvalue weighted by atomic mass is 35.5. The quantitative estimate of drug-likeness (QED) is 0.313. The topological polar surface area (TPSA) is 64.1 Å². The SMILES string of the molecule is CCOc1ccc2nc(NC(=O)c3cc(-c4ccccc4Cl)nc4ccccc34)sc2c1. The van der Waals surface area contributed by atoms with Gasteiger partial charge in [0.25, 0.3) is 5.91 Å². The van der Waals surface area contributed by atoms with Gasteiger partial charge >= 0.3 is 0 Å². The minimum absolute atomic E-state index is 0.249. The second kappa shape index (κ2) is 8.57. The Labute approximate surface area is 193 Å². The van der Waals surface area contributed by atoms with Crippen molar-refractivity contribution < 1.29 is 9.53 Å². The predicted molar refractivity (Wildman–Crippen MR) is 131 cm³/mol. The van der Waals surface area contributed by atoms with E-state index in [9.17, 15) is 4.79 Å². The van der Waals surface area contributed by atoms with Gasteiger partial charge in [0.1, 0.15) is 5.75 Å². The summed E-state index contributed by atoms with van der Waals surface area (Å²) in [7, 11) is 0. The highest BCUT2D eigenvalue weighted by Crippen LogP contribution is 2.32. The summed E-state index contributed by atoms with van der Waals surface area (Å²) in [5.41, 5.74) is 3.47. The van der Waals surface area contributed by atoms with Crippen LogP contribution in [0.15, 0.2) is 72.8 Å². The smallest absolute Gasteiger partial charge is 0.258 e. The van der Waals surface area contributed by atoms with E-state index in [0.29, 0.717) is 28.0 Å². The van der Waals surface area contributed by atoms with Crippen LogP contribution in [0.5, 0.6) is 5.75 Å². The number of hydrogen-bond donors (Lipinski definition) is 1. The molecule has 2 aromatic heterocycles. The highest BCUT2D eigenvalue weighted by Gasteiger charge is 2.17. The number of halogens is 1. The first-order valence-corrected chi connectivity index (χ1v) is 11.3. The fourth-order valence-corrected chi connectivity index (χ4v) is 4.67. The lowest BCUT2D eigenvalue weighted by Crippen LogP contribution is -2.13. The Hall–Kier alpha value is -3.48. The predicted octanol–water partition coefficient (Wildman–Crippen LogP) is 6.82. The summed E-state index contributed by atoms with van der Waals surface area (Å²) in [6.45, 7) is 2.54. The molecule has 0 spiro atoms. The minimum Gasteiger partial charge on any atom is -0.494 e. The number of amides is 1. The lowest BCUT2D eigenvalue weighted by atomic mass is 10.0. The number of carbonyl (C=O) groups is 1. The minimum atomic E-state index is -0.249. The first-order chi connectivity index (χ1) is 15.6. The lowest BCUT2D eigenvalue weighted by Gasteiger charge is -2.10. The van der Waals surface area contributed by atoms with Gasteiger partial charge in [-0.15, -0.1) is 0 Å². The molecule has 0 fully saturated rings. The van der Waals surface area contributed by atoms with Crippen molar-refractivity contribution >= 4 is 55.1 Å². The van der Waals surface area contributed by atoms with E-state index in [1.54, 1.807) is 6.07 Å². The number of benzene rings is 3. The highest BCUT2D eigenvalue weighted by molar-refractivity contribution is 7.22. The molecule has 5 rings (SSSR count). The van der Waals surface area contributed by atoms with Crippen molar-refractivity contribution in [2.45, 2.75) is 6.92 Å². The van der Waals surface area contributed by atoms with Gasteiger partial charge in [0.2, 0.25) is 0 Å². The van der Waals surface area contributed by atoms with Crippen LogP contribution in [0.1, 0.15) is 17.3 Å². The molecule has 5 nitrogen and oxygen atoms in total. The van der Waals surface area contributed by atoms with Crippen LogP contribution in [0.3, 0.4) is 0 Å². The average Bonchev–Trinajstić information content (AvgIpc) is 3.20. The number of nitrogens with zero attached hydrogens (tertiary/aromatic N) is 2. The molecule has 0 unspecified atom stereocenters. The maximum Gasteiger partial charge on any atom is 0.258 e. The van der Waals surface area contributed by atoms with Crippen LogP contribution in [0.25, 0.3) is 32.4 Å². The zero-order chi connectivity index (χ0) is 22.1. The van der Waals surface area contributed by atoms with Crippen molar-refractivity contribution in [2.24, 2.45) is 0 Å². The van der Waals surface area contributed by atoms with E-state index in [4.69, 9.17) is 21.3 Å². The van der Waals surface area contributed by atoms with E-state index in [0.717, 1.165) is 32.4 Å². The van der Waals surface area contributed by atoms with Gasteiger partial charge in [-0.25, -0.2) is 9.97 Å². The Morgan fingerprint density at radius 2 is 1.81 bits per heavy atom. The van der Waals surface area contributed by atoms with Gasteiger partial charge in [-0.05, 0) is 43.3 Å². The fraction of sp³-hybridized carbons (Fsp3) is 0.0800. The first-order valence-electron chi connectivity index (χ1n) is 10.1. The second-order valence-electron chi connectivity index (χ2n) is 7.09. The van der Waals surface area contributed by atoms with E-state index < -0.39 is 0 Å². The van der Waals surface area contributed by atoms with Crippen molar-refractivity contribution in [2.75, 3.05) is 11.9 Å². The standard InChI is InChI=1S/C25H18ClN3O2S/c1-2-31-15-11-12-21-23(13-15)32-25(28-21)29-24(30)18-14-22(17-8-3-5-9-19(17)26)27-20-10-6-4-7-16(18)20/h3-14H,2H2,1H3,(H,28,29,30). The molecule has 3 aromatic carbocycles. The Morgan fingerprint density at radius 1 is 1.00 bits per heavy atom. The molecule has 32 heavy (non-hydrogen) atoms. The molecule has 1 amide bonds. The van der Waals surface area contributed by atoms with Crippen LogP contribution < -0.4 is 10.1 Å².